The molecule has 1 N–H and O–H groups in total. The average molecular weight is 255 g/mol. The first-order chi connectivity index (χ1) is 8.26. The van der Waals surface area contributed by atoms with E-state index in [4.69, 9.17) is 0 Å². The lowest BCUT2D eigenvalue weighted by Gasteiger charge is -2.04. The van der Waals surface area contributed by atoms with E-state index in [2.05, 4.69) is 26.9 Å². The van der Waals surface area contributed by atoms with Crippen molar-refractivity contribution in [3.05, 3.63) is 12.3 Å². The van der Waals surface area contributed by atoms with Gasteiger partial charge in [0.15, 0.2) is 0 Å². The summed E-state index contributed by atoms with van der Waals surface area (Å²) in [6.45, 7) is 2.94. The SMILES string of the molecule is CCCNc1nccc(SCCC(=O)OC)n1. The summed E-state index contributed by atoms with van der Waals surface area (Å²) in [5, 5.41) is 3.98. The molecule has 0 bridgehead atoms. The number of nitrogens with one attached hydrogen (secondary N) is 1. The zero-order valence-electron chi connectivity index (χ0n) is 10.1. The third-order valence-corrected chi connectivity index (χ3v) is 2.88. The second-order valence-electron chi connectivity index (χ2n) is 3.32. The van der Waals surface area contributed by atoms with Crippen LogP contribution in [0.2, 0.25) is 0 Å². The molecule has 1 aromatic heterocycles. The third kappa shape index (κ3) is 5.53. The standard InChI is InChI=1S/C11H17N3O2S/c1-3-6-12-11-13-7-4-9(14-11)17-8-5-10(15)16-2/h4,7H,3,5-6,8H2,1-2H3,(H,12,13,14). The van der Waals surface area contributed by atoms with Crippen LogP contribution in [0.25, 0.3) is 0 Å². The topological polar surface area (TPSA) is 64.1 Å². The molecule has 0 saturated carbocycles. The first-order valence-electron chi connectivity index (χ1n) is 5.52. The summed E-state index contributed by atoms with van der Waals surface area (Å²) in [6.07, 6.45) is 3.14. The average Bonchev–Trinajstić information content (AvgIpc) is 2.36. The predicted molar refractivity (Wildman–Crippen MR) is 68.2 cm³/mol. The lowest BCUT2D eigenvalue weighted by atomic mass is 10.5. The van der Waals surface area contributed by atoms with Gasteiger partial charge in [0.05, 0.1) is 13.5 Å². The Morgan fingerprint density at radius 2 is 2.41 bits per heavy atom. The van der Waals surface area contributed by atoms with E-state index in [1.54, 1.807) is 6.20 Å². The molecule has 0 saturated heterocycles. The molecule has 0 atom stereocenters. The van der Waals surface area contributed by atoms with Crippen molar-refractivity contribution in [2.24, 2.45) is 0 Å². The van der Waals surface area contributed by atoms with Crippen LogP contribution in [0, 0.1) is 0 Å². The van der Waals surface area contributed by atoms with Gasteiger partial charge < -0.3 is 10.1 Å². The Labute approximate surface area is 105 Å². The third-order valence-electron chi connectivity index (χ3n) is 1.95. The molecule has 94 valence electrons. The maximum atomic E-state index is 10.9. The smallest absolute Gasteiger partial charge is 0.306 e. The van der Waals surface area contributed by atoms with Crippen LogP contribution in [0.15, 0.2) is 17.3 Å². The number of anilines is 1. The fourth-order valence-electron chi connectivity index (χ4n) is 1.09. The molecule has 0 radical (unpaired) electrons. The van der Waals surface area contributed by atoms with E-state index in [9.17, 15) is 4.79 Å². The molecule has 0 amide bonds. The summed E-state index contributed by atoms with van der Waals surface area (Å²) in [6, 6.07) is 1.83. The van der Waals surface area contributed by atoms with Crippen LogP contribution < -0.4 is 5.32 Å². The fourth-order valence-corrected chi connectivity index (χ4v) is 1.87. The molecular weight excluding hydrogens is 238 g/mol. The van der Waals surface area contributed by atoms with Gasteiger partial charge in [-0.15, -0.1) is 11.8 Å². The first-order valence-corrected chi connectivity index (χ1v) is 6.51. The fraction of sp³-hybridized carbons (Fsp3) is 0.545. The molecule has 0 aliphatic heterocycles. The van der Waals surface area contributed by atoms with Gasteiger partial charge >= 0.3 is 5.97 Å². The van der Waals surface area contributed by atoms with E-state index in [-0.39, 0.29) is 5.97 Å². The van der Waals surface area contributed by atoms with Crippen molar-refractivity contribution < 1.29 is 9.53 Å². The molecule has 0 unspecified atom stereocenters. The van der Waals surface area contributed by atoms with Crippen LogP contribution >= 0.6 is 11.8 Å². The molecule has 1 aromatic rings. The minimum atomic E-state index is -0.198. The molecular formula is C11H17N3O2S. The van der Waals surface area contributed by atoms with Crippen LogP contribution in [0.1, 0.15) is 19.8 Å². The maximum Gasteiger partial charge on any atom is 0.306 e. The molecule has 0 aliphatic rings. The van der Waals surface area contributed by atoms with Gasteiger partial charge in [-0.05, 0) is 12.5 Å². The molecule has 17 heavy (non-hydrogen) atoms. The Balaban J connectivity index is 2.40. The molecule has 0 aliphatic carbocycles. The van der Waals surface area contributed by atoms with Crippen LogP contribution in [-0.4, -0.2) is 35.3 Å². The van der Waals surface area contributed by atoms with Gasteiger partial charge in [0.1, 0.15) is 5.03 Å². The van der Waals surface area contributed by atoms with Crippen molar-refractivity contribution in [3.63, 3.8) is 0 Å². The number of carbonyl (C=O) groups is 1. The Hall–Kier alpha value is -1.30. The van der Waals surface area contributed by atoms with Crippen molar-refractivity contribution in [1.82, 2.24) is 9.97 Å². The Bertz CT molecular complexity index is 360. The van der Waals surface area contributed by atoms with E-state index in [1.165, 1.54) is 18.9 Å². The Morgan fingerprint density at radius 3 is 3.12 bits per heavy atom. The molecule has 0 fully saturated rings. The summed E-state index contributed by atoms with van der Waals surface area (Å²) in [5.74, 6) is 1.10. The number of thioether (sulfide) groups is 1. The van der Waals surface area contributed by atoms with Crippen LogP contribution in [0.4, 0.5) is 5.95 Å². The normalized spacial score (nSPS) is 10.0. The number of methoxy groups -OCH3 is 1. The highest BCUT2D eigenvalue weighted by molar-refractivity contribution is 7.99. The van der Waals surface area contributed by atoms with Crippen LogP contribution in [0.3, 0.4) is 0 Å². The van der Waals surface area contributed by atoms with Gasteiger partial charge in [-0.1, -0.05) is 6.92 Å². The first kappa shape index (κ1) is 13.8. The number of rotatable bonds is 7. The van der Waals surface area contributed by atoms with E-state index in [1.807, 2.05) is 6.07 Å². The van der Waals surface area contributed by atoms with E-state index in [0.717, 1.165) is 18.0 Å². The van der Waals surface area contributed by atoms with Gasteiger partial charge in [0, 0.05) is 18.5 Å². The highest BCUT2D eigenvalue weighted by Gasteiger charge is 2.03. The number of hydrogen-bond acceptors (Lipinski definition) is 6. The number of aromatic nitrogens is 2. The number of ether oxygens (including phenoxy) is 1. The van der Waals surface area contributed by atoms with Crippen molar-refractivity contribution in [2.45, 2.75) is 24.8 Å². The van der Waals surface area contributed by atoms with E-state index < -0.39 is 0 Å². The number of esters is 1. The van der Waals surface area contributed by atoms with Crippen molar-refractivity contribution >= 4 is 23.7 Å². The molecule has 1 rings (SSSR count). The summed E-state index contributed by atoms with van der Waals surface area (Å²) in [5.41, 5.74) is 0. The second-order valence-corrected chi connectivity index (χ2v) is 4.44. The molecule has 0 spiro atoms. The molecule has 6 heteroatoms. The number of hydrogen-bond donors (Lipinski definition) is 1. The van der Waals surface area contributed by atoms with Gasteiger partial charge in [-0.3, -0.25) is 4.79 Å². The van der Waals surface area contributed by atoms with Crippen molar-refractivity contribution in [3.8, 4) is 0 Å². The summed E-state index contributed by atoms with van der Waals surface area (Å²) in [4.78, 5) is 19.4. The minimum Gasteiger partial charge on any atom is -0.469 e. The zero-order chi connectivity index (χ0) is 12.5. The number of nitrogens with zero attached hydrogens (tertiary/aromatic N) is 2. The molecule has 5 nitrogen and oxygen atoms in total. The molecule has 0 aromatic carbocycles. The van der Waals surface area contributed by atoms with Crippen molar-refractivity contribution in [1.29, 1.82) is 0 Å². The quantitative estimate of drug-likeness (QED) is 0.456. The van der Waals surface area contributed by atoms with E-state index in [0.29, 0.717) is 18.1 Å². The number of carbonyl (C=O) groups excluding carboxylic acids is 1. The van der Waals surface area contributed by atoms with Gasteiger partial charge in [-0.2, -0.15) is 0 Å². The lowest BCUT2D eigenvalue weighted by Crippen LogP contribution is -2.04. The maximum absolute atomic E-state index is 10.9. The largest absolute Gasteiger partial charge is 0.469 e. The minimum absolute atomic E-state index is 0.198. The zero-order valence-corrected chi connectivity index (χ0v) is 10.9. The summed E-state index contributed by atoms with van der Waals surface area (Å²) >= 11 is 1.52. The van der Waals surface area contributed by atoms with Crippen molar-refractivity contribution in [2.75, 3.05) is 24.7 Å². The predicted octanol–water partition coefficient (Wildman–Crippen LogP) is 1.95. The van der Waals surface area contributed by atoms with E-state index >= 15 is 0 Å². The summed E-state index contributed by atoms with van der Waals surface area (Å²) in [7, 11) is 1.39. The Kier molecular flexibility index (Phi) is 6.39. The second kappa shape index (κ2) is 7.89. The van der Waals surface area contributed by atoms with Gasteiger partial charge in [0.2, 0.25) is 5.95 Å². The highest BCUT2D eigenvalue weighted by atomic mass is 32.2. The molecule has 1 heterocycles. The monoisotopic (exact) mass is 255 g/mol. The highest BCUT2D eigenvalue weighted by Crippen LogP contribution is 2.16. The summed E-state index contributed by atoms with van der Waals surface area (Å²) < 4.78 is 4.57. The van der Waals surface area contributed by atoms with Crippen LogP contribution in [0.5, 0.6) is 0 Å². The van der Waals surface area contributed by atoms with Gasteiger partial charge in [0.25, 0.3) is 0 Å². The van der Waals surface area contributed by atoms with Crippen LogP contribution in [-0.2, 0) is 9.53 Å². The lowest BCUT2D eigenvalue weighted by molar-refractivity contribution is -0.140. The van der Waals surface area contributed by atoms with Gasteiger partial charge in [-0.25, -0.2) is 9.97 Å². The Morgan fingerprint density at radius 1 is 1.59 bits per heavy atom.